The van der Waals surface area contributed by atoms with Crippen molar-refractivity contribution in [1.29, 1.82) is 0 Å². The van der Waals surface area contributed by atoms with Crippen LogP contribution in [-0.2, 0) is 14.3 Å². The standard InChI is InChI=1S/C12H22N2O4/c1-18-7-2-4-9(11(16)17)14-10(15)8-12(13)5-3-6-12/h9H,2-8,13H2,1H3,(H,14,15)(H,16,17). The molecule has 0 aromatic carbocycles. The van der Waals surface area contributed by atoms with Crippen molar-refractivity contribution in [2.24, 2.45) is 5.73 Å². The van der Waals surface area contributed by atoms with Crippen LogP contribution in [0.15, 0.2) is 0 Å². The molecule has 6 nitrogen and oxygen atoms in total. The van der Waals surface area contributed by atoms with Crippen molar-refractivity contribution in [3.63, 3.8) is 0 Å². The lowest BCUT2D eigenvalue weighted by atomic mass is 9.75. The van der Waals surface area contributed by atoms with E-state index in [1.54, 1.807) is 7.11 Å². The fourth-order valence-electron chi connectivity index (χ4n) is 2.06. The summed E-state index contributed by atoms with van der Waals surface area (Å²) in [6.45, 7) is 0.487. The molecule has 1 rings (SSSR count). The fraction of sp³-hybridized carbons (Fsp3) is 0.833. The Morgan fingerprint density at radius 2 is 2.17 bits per heavy atom. The van der Waals surface area contributed by atoms with Crippen LogP contribution in [0.4, 0.5) is 0 Å². The van der Waals surface area contributed by atoms with Gasteiger partial charge in [-0.25, -0.2) is 4.79 Å². The number of carbonyl (C=O) groups excluding carboxylic acids is 1. The Balaban J connectivity index is 2.35. The molecule has 1 fully saturated rings. The van der Waals surface area contributed by atoms with Crippen molar-refractivity contribution in [2.45, 2.75) is 50.1 Å². The molecule has 0 bridgehead atoms. The van der Waals surface area contributed by atoms with Crippen molar-refractivity contribution in [3.8, 4) is 0 Å². The largest absolute Gasteiger partial charge is 0.480 e. The quantitative estimate of drug-likeness (QED) is 0.542. The number of nitrogens with one attached hydrogen (secondary N) is 1. The third-order valence-corrected chi connectivity index (χ3v) is 3.34. The minimum atomic E-state index is -1.01. The summed E-state index contributed by atoms with van der Waals surface area (Å²) in [6.07, 6.45) is 3.89. The minimum absolute atomic E-state index is 0.209. The van der Waals surface area contributed by atoms with E-state index in [4.69, 9.17) is 15.6 Å². The molecule has 1 atom stereocenters. The molecule has 0 aromatic heterocycles. The first-order valence-corrected chi connectivity index (χ1v) is 6.27. The highest BCUT2D eigenvalue weighted by Gasteiger charge is 2.35. The first kappa shape index (κ1) is 14.9. The van der Waals surface area contributed by atoms with Crippen LogP contribution < -0.4 is 11.1 Å². The van der Waals surface area contributed by atoms with Crippen molar-refractivity contribution < 1.29 is 19.4 Å². The number of hydrogen-bond donors (Lipinski definition) is 3. The third kappa shape index (κ3) is 4.62. The topological polar surface area (TPSA) is 102 Å². The van der Waals surface area contributed by atoms with Gasteiger partial charge in [-0.15, -0.1) is 0 Å². The summed E-state index contributed by atoms with van der Waals surface area (Å²) in [6, 6.07) is -0.851. The van der Waals surface area contributed by atoms with Gasteiger partial charge in [-0.2, -0.15) is 0 Å². The molecule has 1 saturated carbocycles. The number of amides is 1. The Morgan fingerprint density at radius 1 is 1.50 bits per heavy atom. The number of ether oxygens (including phenoxy) is 1. The Bertz CT molecular complexity index is 302. The number of carbonyl (C=O) groups is 2. The van der Waals surface area contributed by atoms with Gasteiger partial charge < -0.3 is 20.9 Å². The molecule has 0 aliphatic heterocycles. The van der Waals surface area contributed by atoms with Crippen LogP contribution in [0.3, 0.4) is 0 Å². The predicted octanol–water partition coefficient (Wildman–Crippen LogP) is 0.254. The Morgan fingerprint density at radius 3 is 2.61 bits per heavy atom. The Kier molecular flexibility index (Phi) is 5.55. The first-order valence-electron chi connectivity index (χ1n) is 6.27. The van der Waals surface area contributed by atoms with Crippen molar-refractivity contribution in [3.05, 3.63) is 0 Å². The molecule has 0 aromatic rings. The molecule has 104 valence electrons. The molecule has 1 aliphatic carbocycles. The van der Waals surface area contributed by atoms with Crippen LogP contribution >= 0.6 is 0 Å². The number of carboxylic acids is 1. The van der Waals surface area contributed by atoms with Crippen LogP contribution in [0.1, 0.15) is 38.5 Å². The second-order valence-electron chi connectivity index (χ2n) is 4.99. The summed E-state index contributed by atoms with van der Waals surface area (Å²) < 4.78 is 4.86. The van der Waals surface area contributed by atoms with Gasteiger partial charge >= 0.3 is 5.97 Å². The Labute approximate surface area is 107 Å². The van der Waals surface area contributed by atoms with Gasteiger partial charge in [0.25, 0.3) is 0 Å². The van der Waals surface area contributed by atoms with Crippen molar-refractivity contribution >= 4 is 11.9 Å². The lowest BCUT2D eigenvalue weighted by Crippen LogP contribution is -2.52. The van der Waals surface area contributed by atoms with Crippen molar-refractivity contribution in [1.82, 2.24) is 5.32 Å². The summed E-state index contributed by atoms with van der Waals surface area (Å²) in [7, 11) is 1.56. The van der Waals surface area contributed by atoms with Crippen LogP contribution in [0.25, 0.3) is 0 Å². The molecule has 0 radical (unpaired) electrons. The molecule has 4 N–H and O–H groups in total. The maximum Gasteiger partial charge on any atom is 0.326 e. The molecule has 0 heterocycles. The minimum Gasteiger partial charge on any atom is -0.480 e. The maximum atomic E-state index is 11.7. The fourth-order valence-corrected chi connectivity index (χ4v) is 2.06. The van der Waals surface area contributed by atoms with E-state index in [0.29, 0.717) is 19.4 Å². The zero-order valence-corrected chi connectivity index (χ0v) is 10.8. The SMILES string of the molecule is COCCCC(NC(=O)CC1(N)CCC1)C(=O)O. The molecule has 0 spiro atoms. The van der Waals surface area contributed by atoms with E-state index >= 15 is 0 Å². The summed E-state index contributed by atoms with van der Waals surface area (Å²) in [5.74, 6) is -1.29. The summed E-state index contributed by atoms with van der Waals surface area (Å²) in [5.41, 5.74) is 5.53. The first-order chi connectivity index (χ1) is 8.47. The van der Waals surface area contributed by atoms with E-state index in [2.05, 4.69) is 5.32 Å². The Hall–Kier alpha value is -1.14. The van der Waals surface area contributed by atoms with Crippen LogP contribution in [0, 0.1) is 0 Å². The zero-order valence-electron chi connectivity index (χ0n) is 10.8. The molecular formula is C12H22N2O4. The number of nitrogens with two attached hydrogens (primary N) is 1. The monoisotopic (exact) mass is 258 g/mol. The normalized spacial score (nSPS) is 18.8. The van der Waals surface area contributed by atoms with E-state index < -0.39 is 17.6 Å². The average molecular weight is 258 g/mol. The average Bonchev–Trinajstić information content (AvgIpc) is 2.25. The van der Waals surface area contributed by atoms with Gasteiger partial charge in [-0.05, 0) is 32.1 Å². The smallest absolute Gasteiger partial charge is 0.326 e. The summed E-state index contributed by atoms with van der Waals surface area (Å²) in [4.78, 5) is 22.7. The van der Waals surface area contributed by atoms with Crippen LogP contribution in [0.2, 0.25) is 0 Å². The highest BCUT2D eigenvalue weighted by atomic mass is 16.5. The van der Waals surface area contributed by atoms with E-state index in [9.17, 15) is 9.59 Å². The van der Waals surface area contributed by atoms with E-state index in [1.807, 2.05) is 0 Å². The molecule has 6 heteroatoms. The predicted molar refractivity (Wildman–Crippen MR) is 66.1 cm³/mol. The lowest BCUT2D eigenvalue weighted by Gasteiger charge is -2.37. The number of rotatable bonds is 8. The van der Waals surface area contributed by atoms with Gasteiger partial charge in [0.15, 0.2) is 0 Å². The molecular weight excluding hydrogens is 236 g/mol. The van der Waals surface area contributed by atoms with Gasteiger partial charge in [-0.1, -0.05) is 0 Å². The lowest BCUT2D eigenvalue weighted by molar-refractivity contribution is -0.142. The van der Waals surface area contributed by atoms with E-state index in [-0.39, 0.29) is 12.3 Å². The summed E-state index contributed by atoms with van der Waals surface area (Å²) in [5, 5.41) is 11.5. The highest BCUT2D eigenvalue weighted by Crippen LogP contribution is 2.31. The molecule has 1 aliphatic rings. The number of methoxy groups -OCH3 is 1. The van der Waals surface area contributed by atoms with E-state index in [0.717, 1.165) is 19.3 Å². The molecule has 1 amide bonds. The highest BCUT2D eigenvalue weighted by molar-refractivity contribution is 5.84. The van der Waals surface area contributed by atoms with Gasteiger partial charge in [0, 0.05) is 25.7 Å². The third-order valence-electron chi connectivity index (χ3n) is 3.34. The summed E-state index contributed by atoms with van der Waals surface area (Å²) >= 11 is 0. The van der Waals surface area contributed by atoms with Crippen LogP contribution in [0.5, 0.6) is 0 Å². The number of hydrogen-bond acceptors (Lipinski definition) is 4. The van der Waals surface area contributed by atoms with Gasteiger partial charge in [0.2, 0.25) is 5.91 Å². The maximum absolute atomic E-state index is 11.7. The van der Waals surface area contributed by atoms with Crippen molar-refractivity contribution in [2.75, 3.05) is 13.7 Å². The number of carboxylic acid groups (broad SMARTS) is 1. The molecule has 0 saturated heterocycles. The second kappa shape index (κ2) is 6.70. The second-order valence-corrected chi connectivity index (χ2v) is 4.99. The number of aliphatic carboxylic acids is 1. The zero-order chi connectivity index (χ0) is 13.6. The van der Waals surface area contributed by atoms with Crippen LogP contribution in [-0.4, -0.2) is 42.3 Å². The van der Waals surface area contributed by atoms with Gasteiger partial charge in [0.1, 0.15) is 6.04 Å². The van der Waals surface area contributed by atoms with Gasteiger partial charge in [0.05, 0.1) is 0 Å². The van der Waals surface area contributed by atoms with E-state index in [1.165, 1.54) is 0 Å². The molecule has 18 heavy (non-hydrogen) atoms. The van der Waals surface area contributed by atoms with Gasteiger partial charge in [-0.3, -0.25) is 4.79 Å². The molecule has 1 unspecified atom stereocenters.